The van der Waals surface area contributed by atoms with Gasteiger partial charge in [0.05, 0.1) is 0 Å². The van der Waals surface area contributed by atoms with Crippen LogP contribution in [-0.4, -0.2) is 23.3 Å². The van der Waals surface area contributed by atoms with E-state index < -0.39 is 0 Å². The van der Waals surface area contributed by atoms with E-state index in [-0.39, 0.29) is 0 Å². The van der Waals surface area contributed by atoms with Crippen LogP contribution in [0, 0.1) is 0 Å². The predicted octanol–water partition coefficient (Wildman–Crippen LogP) is 4.14. The first-order valence-electron chi connectivity index (χ1n) is 6.66. The van der Waals surface area contributed by atoms with Crippen LogP contribution in [0.2, 0.25) is 0 Å². The summed E-state index contributed by atoms with van der Waals surface area (Å²) < 4.78 is 0. The molecule has 0 spiro atoms. The average Bonchev–Trinajstić information content (AvgIpc) is 2.55. The molecule has 0 aliphatic carbocycles. The van der Waals surface area contributed by atoms with Crippen molar-refractivity contribution in [1.29, 1.82) is 0 Å². The van der Waals surface area contributed by atoms with Crippen LogP contribution in [0.25, 0.3) is 10.8 Å². The van der Waals surface area contributed by atoms with Crippen LogP contribution in [-0.2, 0) is 0 Å². The molecular formula is C16H16N4S. The van der Waals surface area contributed by atoms with Gasteiger partial charge < -0.3 is 10.6 Å². The van der Waals surface area contributed by atoms with Crippen molar-refractivity contribution >= 4 is 39.9 Å². The van der Waals surface area contributed by atoms with Crippen LogP contribution in [0.1, 0.15) is 0 Å². The molecule has 3 rings (SSSR count). The lowest BCUT2D eigenvalue weighted by atomic mass is 10.1. The molecule has 3 aromatic rings. The maximum absolute atomic E-state index is 4.50. The number of aromatic nitrogens is 2. The zero-order valence-corrected chi connectivity index (χ0v) is 12.7. The molecule has 0 aliphatic rings. The Morgan fingerprint density at radius 2 is 1.71 bits per heavy atom. The van der Waals surface area contributed by atoms with Crippen molar-refractivity contribution < 1.29 is 0 Å². The maximum atomic E-state index is 4.50. The third kappa shape index (κ3) is 2.92. The van der Waals surface area contributed by atoms with Crippen molar-refractivity contribution in [1.82, 2.24) is 9.97 Å². The second-order valence-corrected chi connectivity index (χ2v) is 5.30. The highest BCUT2D eigenvalue weighted by atomic mass is 32.2. The molecule has 5 heteroatoms. The fraction of sp³-hybridized carbons (Fsp3) is 0.125. The van der Waals surface area contributed by atoms with Crippen LogP contribution < -0.4 is 10.6 Å². The Kier molecular flexibility index (Phi) is 3.92. The zero-order valence-electron chi connectivity index (χ0n) is 11.9. The molecule has 0 bridgehead atoms. The van der Waals surface area contributed by atoms with Crippen molar-refractivity contribution in [3.63, 3.8) is 0 Å². The average molecular weight is 296 g/mol. The number of hydrogen-bond acceptors (Lipinski definition) is 5. The van der Waals surface area contributed by atoms with Crippen LogP contribution >= 0.6 is 11.8 Å². The van der Waals surface area contributed by atoms with E-state index in [1.165, 1.54) is 22.5 Å². The summed E-state index contributed by atoms with van der Waals surface area (Å²) in [6, 6.07) is 16.4. The van der Waals surface area contributed by atoms with E-state index in [2.05, 4.69) is 44.9 Å². The van der Waals surface area contributed by atoms with Gasteiger partial charge in [-0.1, -0.05) is 48.2 Å². The number of anilines is 3. The maximum Gasteiger partial charge on any atom is 0.191 e. The Hall–Kier alpha value is -2.27. The molecule has 0 aliphatic heterocycles. The molecule has 2 aromatic carbocycles. The van der Waals surface area contributed by atoms with Crippen LogP contribution in [0.15, 0.2) is 53.7 Å². The second kappa shape index (κ2) is 6.01. The topological polar surface area (TPSA) is 49.8 Å². The number of benzene rings is 2. The molecule has 4 nitrogen and oxygen atoms in total. The lowest BCUT2D eigenvalue weighted by Gasteiger charge is -2.11. The minimum Gasteiger partial charge on any atom is -0.373 e. The second-order valence-electron chi connectivity index (χ2n) is 4.53. The highest BCUT2D eigenvalue weighted by Crippen LogP contribution is 2.27. The van der Waals surface area contributed by atoms with Crippen molar-refractivity contribution in [2.45, 2.75) is 5.16 Å². The smallest absolute Gasteiger partial charge is 0.191 e. The number of nitrogens with zero attached hydrogens (tertiary/aromatic N) is 2. The molecule has 0 atom stereocenters. The third-order valence-electron chi connectivity index (χ3n) is 3.20. The summed E-state index contributed by atoms with van der Waals surface area (Å²) in [5.41, 5.74) is 1.04. The molecule has 1 heterocycles. The minimum atomic E-state index is 0.740. The van der Waals surface area contributed by atoms with E-state index in [4.69, 9.17) is 0 Å². The van der Waals surface area contributed by atoms with E-state index in [1.807, 2.05) is 37.6 Å². The van der Waals surface area contributed by atoms with Gasteiger partial charge in [-0.2, -0.15) is 0 Å². The van der Waals surface area contributed by atoms with Crippen molar-refractivity contribution in [2.75, 3.05) is 23.9 Å². The largest absolute Gasteiger partial charge is 0.373 e. The number of fused-ring (bicyclic) bond motifs is 1. The first-order valence-corrected chi connectivity index (χ1v) is 7.88. The van der Waals surface area contributed by atoms with Gasteiger partial charge in [0.1, 0.15) is 11.6 Å². The predicted molar refractivity (Wildman–Crippen MR) is 90.6 cm³/mol. The van der Waals surface area contributed by atoms with E-state index in [0.29, 0.717) is 0 Å². The summed E-state index contributed by atoms with van der Waals surface area (Å²) in [5, 5.41) is 9.57. The Morgan fingerprint density at radius 1 is 0.952 bits per heavy atom. The van der Waals surface area contributed by atoms with Crippen molar-refractivity contribution in [3.05, 3.63) is 48.5 Å². The highest BCUT2D eigenvalue weighted by molar-refractivity contribution is 7.98. The summed E-state index contributed by atoms with van der Waals surface area (Å²) in [4.78, 5) is 8.88. The van der Waals surface area contributed by atoms with Gasteiger partial charge in [0.15, 0.2) is 5.16 Å². The summed E-state index contributed by atoms with van der Waals surface area (Å²) >= 11 is 1.52. The van der Waals surface area contributed by atoms with Crippen LogP contribution in [0.3, 0.4) is 0 Å². The Labute approximate surface area is 128 Å². The normalized spacial score (nSPS) is 10.6. The van der Waals surface area contributed by atoms with Gasteiger partial charge in [-0.3, -0.25) is 0 Å². The quantitative estimate of drug-likeness (QED) is 0.560. The molecule has 0 fully saturated rings. The number of hydrogen-bond donors (Lipinski definition) is 2. The Morgan fingerprint density at radius 3 is 2.52 bits per heavy atom. The van der Waals surface area contributed by atoms with E-state index in [0.717, 1.165) is 22.5 Å². The van der Waals surface area contributed by atoms with Gasteiger partial charge in [0.2, 0.25) is 0 Å². The monoisotopic (exact) mass is 296 g/mol. The molecular weight excluding hydrogens is 280 g/mol. The number of nitrogens with one attached hydrogen (secondary N) is 2. The summed E-state index contributed by atoms with van der Waals surface area (Å²) in [5.74, 6) is 1.59. The minimum absolute atomic E-state index is 0.740. The van der Waals surface area contributed by atoms with Crippen molar-refractivity contribution in [2.24, 2.45) is 0 Å². The molecule has 0 amide bonds. The molecule has 0 saturated carbocycles. The molecule has 0 radical (unpaired) electrons. The first kappa shape index (κ1) is 13.7. The highest BCUT2D eigenvalue weighted by Gasteiger charge is 2.05. The fourth-order valence-corrected chi connectivity index (χ4v) is 2.56. The summed E-state index contributed by atoms with van der Waals surface area (Å²) in [7, 11) is 1.86. The number of rotatable bonds is 4. The third-order valence-corrected chi connectivity index (χ3v) is 3.74. The lowest BCUT2D eigenvalue weighted by molar-refractivity contribution is 0.978. The summed E-state index contributed by atoms with van der Waals surface area (Å²) in [6.45, 7) is 0. The molecule has 106 valence electrons. The van der Waals surface area contributed by atoms with Gasteiger partial charge in [-0.25, -0.2) is 9.97 Å². The van der Waals surface area contributed by atoms with E-state index >= 15 is 0 Å². The molecule has 0 saturated heterocycles. The zero-order chi connectivity index (χ0) is 14.7. The summed E-state index contributed by atoms with van der Waals surface area (Å²) in [6.07, 6.45) is 1.97. The van der Waals surface area contributed by atoms with Crippen molar-refractivity contribution in [3.8, 4) is 0 Å². The Balaban J connectivity index is 2.02. The van der Waals surface area contributed by atoms with E-state index in [9.17, 15) is 0 Å². The van der Waals surface area contributed by atoms with Crippen LogP contribution in [0.5, 0.6) is 0 Å². The Bertz CT molecular complexity index is 746. The first-order chi connectivity index (χ1) is 10.3. The SMILES string of the molecule is CNc1cc(Nc2cccc3ccccc23)nc(SC)n1. The van der Waals surface area contributed by atoms with Gasteiger partial charge in [-0.15, -0.1) is 0 Å². The fourth-order valence-electron chi connectivity index (χ4n) is 2.18. The van der Waals surface area contributed by atoms with Gasteiger partial charge >= 0.3 is 0 Å². The lowest BCUT2D eigenvalue weighted by Crippen LogP contribution is -2.00. The number of thioether (sulfide) groups is 1. The van der Waals surface area contributed by atoms with Gasteiger partial charge in [0, 0.05) is 24.2 Å². The molecule has 1 aromatic heterocycles. The van der Waals surface area contributed by atoms with Crippen LogP contribution in [0.4, 0.5) is 17.3 Å². The van der Waals surface area contributed by atoms with Gasteiger partial charge in [-0.05, 0) is 17.7 Å². The van der Waals surface area contributed by atoms with E-state index in [1.54, 1.807) is 0 Å². The standard InChI is InChI=1S/C16H16N4S/c1-17-14-10-15(20-16(19-14)21-2)18-13-9-5-7-11-6-3-4-8-12(11)13/h3-10H,1-2H3,(H2,17,18,19,20). The molecule has 2 N–H and O–H groups in total. The van der Waals surface area contributed by atoms with Gasteiger partial charge in [0.25, 0.3) is 0 Å². The molecule has 0 unspecified atom stereocenters. The molecule has 21 heavy (non-hydrogen) atoms.